The molecule has 1 unspecified atom stereocenters. The molecule has 0 aliphatic heterocycles. The third kappa shape index (κ3) is 6.57. The molecule has 5 heteroatoms. The van der Waals surface area contributed by atoms with Gasteiger partial charge in [0, 0.05) is 25.4 Å². The highest BCUT2D eigenvalue weighted by Crippen LogP contribution is 2.12. The summed E-state index contributed by atoms with van der Waals surface area (Å²) < 4.78 is 0. The average Bonchev–Trinajstić information content (AvgIpc) is 2.39. The van der Waals surface area contributed by atoms with Crippen LogP contribution in [-0.4, -0.2) is 23.5 Å². The fourth-order valence-corrected chi connectivity index (χ4v) is 1.72. The first-order chi connectivity index (χ1) is 9.09. The Morgan fingerprint density at radius 1 is 1.21 bits per heavy atom. The van der Waals surface area contributed by atoms with Crippen molar-refractivity contribution in [2.24, 2.45) is 5.73 Å². The summed E-state index contributed by atoms with van der Waals surface area (Å²) in [6.45, 7) is 0.494. The van der Waals surface area contributed by atoms with Gasteiger partial charge in [0.05, 0.1) is 0 Å². The van der Waals surface area contributed by atoms with Gasteiger partial charge in [-0.15, -0.1) is 0 Å². The highest BCUT2D eigenvalue weighted by Gasteiger charge is 2.10. The number of hydrogen-bond donors (Lipinski definition) is 3. The Labute approximate surface area is 112 Å². The Morgan fingerprint density at radius 3 is 2.53 bits per heavy atom. The molecule has 0 radical (unpaired) electrons. The lowest BCUT2D eigenvalue weighted by Crippen LogP contribution is -2.28. The number of carboxylic acids is 1. The van der Waals surface area contributed by atoms with E-state index in [1.165, 1.54) is 0 Å². The predicted molar refractivity (Wildman–Crippen MR) is 72.5 cm³/mol. The molecule has 0 bridgehead atoms. The van der Waals surface area contributed by atoms with Gasteiger partial charge in [0.1, 0.15) is 0 Å². The third-order valence-electron chi connectivity index (χ3n) is 2.77. The molecule has 0 aromatic heterocycles. The number of unbranched alkanes of at least 4 members (excludes halogenated alkanes) is 1. The molecule has 0 saturated carbocycles. The van der Waals surface area contributed by atoms with E-state index in [9.17, 15) is 9.59 Å². The number of nitrogens with one attached hydrogen (secondary N) is 1. The van der Waals surface area contributed by atoms with E-state index in [1.807, 2.05) is 30.3 Å². The summed E-state index contributed by atoms with van der Waals surface area (Å²) in [6, 6.07) is 9.16. The summed E-state index contributed by atoms with van der Waals surface area (Å²) in [6.07, 6.45) is 1.61. The number of nitrogens with two attached hydrogens (primary N) is 1. The van der Waals surface area contributed by atoms with E-state index >= 15 is 0 Å². The van der Waals surface area contributed by atoms with Crippen LogP contribution in [0.1, 0.15) is 37.3 Å². The topological polar surface area (TPSA) is 92.4 Å². The molecule has 0 saturated heterocycles. The van der Waals surface area contributed by atoms with E-state index in [-0.39, 0.29) is 24.8 Å². The van der Waals surface area contributed by atoms with Crippen molar-refractivity contribution in [3.8, 4) is 0 Å². The number of rotatable bonds is 8. The Morgan fingerprint density at radius 2 is 1.89 bits per heavy atom. The second-order valence-corrected chi connectivity index (χ2v) is 4.42. The zero-order chi connectivity index (χ0) is 14.1. The van der Waals surface area contributed by atoms with Gasteiger partial charge in [-0.1, -0.05) is 30.3 Å². The normalized spacial score (nSPS) is 11.8. The van der Waals surface area contributed by atoms with E-state index in [2.05, 4.69) is 5.32 Å². The first-order valence-corrected chi connectivity index (χ1v) is 6.38. The average molecular weight is 264 g/mol. The van der Waals surface area contributed by atoms with E-state index in [1.54, 1.807) is 0 Å². The molecule has 1 atom stereocenters. The molecule has 1 aromatic carbocycles. The summed E-state index contributed by atoms with van der Waals surface area (Å²) in [5, 5.41) is 11.2. The van der Waals surface area contributed by atoms with Gasteiger partial charge in [0.15, 0.2) is 0 Å². The Hall–Kier alpha value is -1.88. The Balaban J connectivity index is 2.19. The van der Waals surface area contributed by atoms with Crippen LogP contribution in [0.15, 0.2) is 30.3 Å². The van der Waals surface area contributed by atoms with Gasteiger partial charge in [0.25, 0.3) is 0 Å². The van der Waals surface area contributed by atoms with E-state index in [4.69, 9.17) is 10.8 Å². The first-order valence-electron chi connectivity index (χ1n) is 6.38. The molecule has 1 aromatic rings. The van der Waals surface area contributed by atoms with Gasteiger partial charge in [-0.2, -0.15) is 0 Å². The summed E-state index contributed by atoms with van der Waals surface area (Å²) in [4.78, 5) is 21.9. The maximum atomic E-state index is 11.6. The van der Waals surface area contributed by atoms with Crippen molar-refractivity contribution in [1.82, 2.24) is 5.32 Å². The number of carbonyl (C=O) groups is 2. The Kier molecular flexibility index (Phi) is 6.60. The van der Waals surface area contributed by atoms with Crippen molar-refractivity contribution in [2.45, 2.75) is 31.7 Å². The zero-order valence-electron chi connectivity index (χ0n) is 10.8. The van der Waals surface area contributed by atoms with Gasteiger partial charge < -0.3 is 16.2 Å². The molecule has 1 amide bonds. The molecule has 0 fully saturated rings. The zero-order valence-corrected chi connectivity index (χ0v) is 10.8. The number of carbonyl (C=O) groups excluding carboxylic acids is 1. The smallest absolute Gasteiger partial charge is 0.303 e. The van der Waals surface area contributed by atoms with Crippen molar-refractivity contribution < 1.29 is 14.7 Å². The predicted octanol–water partition coefficient (Wildman–Crippen LogP) is 1.45. The van der Waals surface area contributed by atoms with Crippen molar-refractivity contribution in [1.29, 1.82) is 0 Å². The number of aliphatic carboxylic acids is 1. The largest absolute Gasteiger partial charge is 0.481 e. The molecule has 1 rings (SSSR count). The van der Waals surface area contributed by atoms with Crippen LogP contribution in [-0.2, 0) is 9.59 Å². The molecule has 5 nitrogen and oxygen atoms in total. The molecule has 0 aliphatic rings. The molecule has 0 spiro atoms. The van der Waals surface area contributed by atoms with Crippen LogP contribution < -0.4 is 11.1 Å². The van der Waals surface area contributed by atoms with Crippen molar-refractivity contribution in [3.05, 3.63) is 35.9 Å². The van der Waals surface area contributed by atoms with Crippen LogP contribution in [0.5, 0.6) is 0 Å². The fourth-order valence-electron chi connectivity index (χ4n) is 1.72. The maximum Gasteiger partial charge on any atom is 0.303 e. The van der Waals surface area contributed by atoms with Crippen molar-refractivity contribution in [3.63, 3.8) is 0 Å². The van der Waals surface area contributed by atoms with Gasteiger partial charge in [-0.25, -0.2) is 0 Å². The van der Waals surface area contributed by atoms with Gasteiger partial charge >= 0.3 is 5.97 Å². The van der Waals surface area contributed by atoms with Crippen LogP contribution in [0.2, 0.25) is 0 Å². The fraction of sp³-hybridized carbons (Fsp3) is 0.429. The quantitative estimate of drug-likeness (QED) is 0.619. The number of benzene rings is 1. The van der Waals surface area contributed by atoms with E-state index < -0.39 is 5.97 Å². The second kappa shape index (κ2) is 8.26. The Bertz CT molecular complexity index is 406. The summed E-state index contributed by atoms with van der Waals surface area (Å²) in [5.41, 5.74) is 6.86. The SMILES string of the molecule is NC(CC(=O)NCCCCC(=O)O)c1ccccc1. The van der Waals surface area contributed by atoms with Gasteiger partial charge in [-0.3, -0.25) is 9.59 Å². The highest BCUT2D eigenvalue weighted by molar-refractivity contribution is 5.76. The van der Waals surface area contributed by atoms with E-state index in [0.717, 1.165) is 5.56 Å². The molecule has 104 valence electrons. The minimum Gasteiger partial charge on any atom is -0.481 e. The third-order valence-corrected chi connectivity index (χ3v) is 2.77. The van der Waals surface area contributed by atoms with E-state index in [0.29, 0.717) is 19.4 Å². The van der Waals surface area contributed by atoms with Crippen LogP contribution in [0.25, 0.3) is 0 Å². The van der Waals surface area contributed by atoms with Crippen molar-refractivity contribution in [2.75, 3.05) is 6.54 Å². The first kappa shape index (κ1) is 15.2. The molecule has 0 heterocycles. The lowest BCUT2D eigenvalue weighted by Gasteiger charge is -2.11. The minimum atomic E-state index is -0.808. The van der Waals surface area contributed by atoms with Gasteiger partial charge in [0.2, 0.25) is 5.91 Å². The van der Waals surface area contributed by atoms with Crippen molar-refractivity contribution >= 4 is 11.9 Å². The summed E-state index contributed by atoms with van der Waals surface area (Å²) >= 11 is 0. The van der Waals surface area contributed by atoms with Crippen LogP contribution >= 0.6 is 0 Å². The number of amides is 1. The monoisotopic (exact) mass is 264 g/mol. The molecular formula is C14H20N2O3. The van der Waals surface area contributed by atoms with Gasteiger partial charge in [-0.05, 0) is 18.4 Å². The molecule has 0 aliphatic carbocycles. The summed E-state index contributed by atoms with van der Waals surface area (Å²) in [7, 11) is 0. The minimum absolute atomic E-state index is 0.105. The van der Waals surface area contributed by atoms with Crippen LogP contribution in [0, 0.1) is 0 Å². The number of hydrogen-bond acceptors (Lipinski definition) is 3. The van der Waals surface area contributed by atoms with Crippen LogP contribution in [0.4, 0.5) is 0 Å². The standard InChI is InChI=1S/C14H20N2O3/c15-12(11-6-2-1-3-7-11)10-13(17)16-9-5-4-8-14(18)19/h1-3,6-7,12H,4-5,8-10,15H2,(H,16,17)(H,18,19). The number of carboxylic acid groups (broad SMARTS) is 1. The van der Waals surface area contributed by atoms with Crippen LogP contribution in [0.3, 0.4) is 0 Å². The molecule has 4 N–H and O–H groups in total. The highest BCUT2D eigenvalue weighted by atomic mass is 16.4. The lowest BCUT2D eigenvalue weighted by molar-refractivity contribution is -0.137. The maximum absolute atomic E-state index is 11.6. The molecular weight excluding hydrogens is 244 g/mol. The lowest BCUT2D eigenvalue weighted by atomic mass is 10.0. The summed E-state index contributed by atoms with van der Waals surface area (Å²) in [5.74, 6) is -0.913. The second-order valence-electron chi connectivity index (χ2n) is 4.42. The molecule has 19 heavy (non-hydrogen) atoms.